The van der Waals surface area contributed by atoms with Gasteiger partial charge in [-0.25, -0.2) is 8.42 Å². The molecule has 0 bridgehead atoms. The number of carbonyl (C=O) groups is 2. The van der Waals surface area contributed by atoms with E-state index in [4.69, 9.17) is 14.2 Å². The summed E-state index contributed by atoms with van der Waals surface area (Å²) in [6, 6.07) is 18.7. The summed E-state index contributed by atoms with van der Waals surface area (Å²) >= 11 is 0. The number of benzene rings is 3. The molecule has 1 N–H and O–H groups in total. The van der Waals surface area contributed by atoms with Crippen molar-refractivity contribution in [3.05, 3.63) is 78.4 Å². The molecule has 3 rings (SSSR count). The van der Waals surface area contributed by atoms with Gasteiger partial charge in [-0.05, 0) is 62.7 Å². The van der Waals surface area contributed by atoms with Gasteiger partial charge < -0.3 is 24.4 Å². The molecule has 0 spiro atoms. The Morgan fingerprint density at radius 1 is 0.829 bits per heavy atom. The molecule has 41 heavy (non-hydrogen) atoms. The van der Waals surface area contributed by atoms with Gasteiger partial charge in [0.2, 0.25) is 11.8 Å². The maximum Gasteiger partial charge on any atom is 0.264 e. The van der Waals surface area contributed by atoms with E-state index in [0.29, 0.717) is 11.5 Å². The van der Waals surface area contributed by atoms with Gasteiger partial charge in [0.25, 0.3) is 10.0 Å². The van der Waals surface area contributed by atoms with Gasteiger partial charge in [-0.15, -0.1) is 0 Å². The highest BCUT2D eigenvalue weighted by Gasteiger charge is 2.33. The van der Waals surface area contributed by atoms with Crippen molar-refractivity contribution >= 4 is 27.5 Å². The number of ether oxygens (including phenoxy) is 3. The molecule has 3 aromatic rings. The summed E-state index contributed by atoms with van der Waals surface area (Å²) in [4.78, 5) is 28.3. The smallest absolute Gasteiger partial charge is 0.264 e. The molecule has 0 aliphatic rings. The molecule has 0 saturated carbocycles. The molecular weight excluding hydrogens is 546 g/mol. The minimum atomic E-state index is -4.26. The van der Waals surface area contributed by atoms with E-state index in [0.717, 1.165) is 9.87 Å². The predicted molar refractivity (Wildman–Crippen MR) is 157 cm³/mol. The van der Waals surface area contributed by atoms with Gasteiger partial charge in [0.05, 0.1) is 31.9 Å². The molecule has 0 heterocycles. The fraction of sp³-hybridized carbons (Fsp3) is 0.333. The van der Waals surface area contributed by atoms with E-state index < -0.39 is 28.5 Å². The maximum atomic E-state index is 14.0. The molecule has 11 heteroatoms. The minimum Gasteiger partial charge on any atom is -0.497 e. The van der Waals surface area contributed by atoms with E-state index in [1.54, 1.807) is 55.5 Å². The van der Waals surface area contributed by atoms with Crippen molar-refractivity contribution < 1.29 is 32.2 Å². The normalized spacial score (nSPS) is 11.9. The van der Waals surface area contributed by atoms with Crippen LogP contribution in [0.5, 0.6) is 17.2 Å². The summed E-state index contributed by atoms with van der Waals surface area (Å²) in [5.74, 6) is 0.267. The van der Waals surface area contributed by atoms with E-state index >= 15 is 0 Å². The zero-order chi connectivity index (χ0) is 30.2. The average Bonchev–Trinajstić information content (AvgIpc) is 2.97. The Morgan fingerprint density at radius 3 is 2.12 bits per heavy atom. The lowest BCUT2D eigenvalue weighted by Crippen LogP contribution is -2.52. The fourth-order valence-corrected chi connectivity index (χ4v) is 5.61. The molecule has 2 amide bonds. The SMILES string of the molecule is COc1cccc(CN(C(=O)CN(c2ccccc2)S(=O)(=O)c2ccc(OC)c(OC)c2)C(C)C(=O)NC(C)C)c1. The van der Waals surface area contributed by atoms with Crippen LogP contribution in [-0.2, 0) is 26.2 Å². The number of sulfonamides is 1. The third-order valence-electron chi connectivity index (χ3n) is 6.35. The van der Waals surface area contributed by atoms with Crippen LogP contribution in [0.2, 0.25) is 0 Å². The molecule has 10 nitrogen and oxygen atoms in total. The molecule has 0 aromatic heterocycles. The van der Waals surface area contributed by atoms with Crippen LogP contribution in [0.25, 0.3) is 0 Å². The molecule has 0 aliphatic heterocycles. The summed E-state index contributed by atoms with van der Waals surface area (Å²) < 4.78 is 44.9. The summed E-state index contributed by atoms with van der Waals surface area (Å²) in [7, 11) is 0.143. The summed E-state index contributed by atoms with van der Waals surface area (Å²) in [5, 5.41) is 2.84. The molecule has 0 saturated heterocycles. The molecule has 220 valence electrons. The second kappa shape index (κ2) is 13.9. The van der Waals surface area contributed by atoms with Gasteiger partial charge in [-0.3, -0.25) is 13.9 Å². The number of nitrogens with one attached hydrogen (secondary N) is 1. The molecule has 0 radical (unpaired) electrons. The van der Waals surface area contributed by atoms with E-state index in [-0.39, 0.29) is 34.8 Å². The number of para-hydroxylation sites is 1. The zero-order valence-corrected chi connectivity index (χ0v) is 25.0. The Labute approximate surface area is 241 Å². The van der Waals surface area contributed by atoms with E-state index in [1.807, 2.05) is 19.9 Å². The van der Waals surface area contributed by atoms with E-state index in [9.17, 15) is 18.0 Å². The average molecular weight is 584 g/mol. The lowest BCUT2D eigenvalue weighted by Gasteiger charge is -2.32. The standard InChI is InChI=1S/C30H37N3O7S/c1-21(2)31-30(35)22(3)32(19-23-11-10-14-25(17-23)38-4)29(34)20-33(24-12-8-7-9-13-24)41(36,37)26-15-16-27(39-5)28(18-26)40-6/h7-18,21-22H,19-20H2,1-6H3,(H,31,35). The monoisotopic (exact) mass is 583 g/mol. The van der Waals surface area contributed by atoms with E-state index in [1.165, 1.54) is 44.4 Å². The highest BCUT2D eigenvalue weighted by atomic mass is 32.2. The Kier molecular flexibility index (Phi) is 10.6. The largest absolute Gasteiger partial charge is 0.497 e. The molecule has 0 fully saturated rings. The van der Waals surface area contributed by atoms with Gasteiger partial charge in [-0.2, -0.15) is 0 Å². The number of hydrogen-bond acceptors (Lipinski definition) is 7. The summed E-state index contributed by atoms with van der Waals surface area (Å²) in [6.45, 7) is 4.77. The number of anilines is 1. The first-order valence-electron chi connectivity index (χ1n) is 13.0. The van der Waals surface area contributed by atoms with Gasteiger partial charge >= 0.3 is 0 Å². The lowest BCUT2D eigenvalue weighted by molar-refractivity contribution is -0.139. The van der Waals surface area contributed by atoms with Crippen molar-refractivity contribution in [2.75, 3.05) is 32.2 Å². The first kappa shape index (κ1) is 31.3. The highest BCUT2D eigenvalue weighted by Crippen LogP contribution is 2.32. The van der Waals surface area contributed by atoms with Crippen LogP contribution >= 0.6 is 0 Å². The Hall–Kier alpha value is -4.25. The third-order valence-corrected chi connectivity index (χ3v) is 8.12. The first-order chi connectivity index (χ1) is 19.5. The van der Waals surface area contributed by atoms with Crippen LogP contribution in [0.1, 0.15) is 26.3 Å². The topological polar surface area (TPSA) is 114 Å². The molecular formula is C30H37N3O7S. The van der Waals surface area contributed by atoms with Crippen LogP contribution < -0.4 is 23.8 Å². The van der Waals surface area contributed by atoms with Crippen LogP contribution in [0.3, 0.4) is 0 Å². The Bertz CT molecular complexity index is 1450. The van der Waals surface area contributed by atoms with Crippen molar-refractivity contribution in [3.63, 3.8) is 0 Å². The van der Waals surface area contributed by atoms with Gasteiger partial charge in [0, 0.05) is 18.7 Å². The maximum absolute atomic E-state index is 14.0. The van der Waals surface area contributed by atoms with E-state index in [2.05, 4.69) is 5.32 Å². The van der Waals surface area contributed by atoms with Crippen molar-refractivity contribution in [3.8, 4) is 17.2 Å². The van der Waals surface area contributed by atoms with Gasteiger partial charge in [-0.1, -0.05) is 30.3 Å². The van der Waals surface area contributed by atoms with Crippen molar-refractivity contribution in [1.82, 2.24) is 10.2 Å². The third kappa shape index (κ3) is 7.69. The number of methoxy groups -OCH3 is 3. The molecule has 1 unspecified atom stereocenters. The van der Waals surface area contributed by atoms with Crippen molar-refractivity contribution in [2.45, 2.75) is 44.3 Å². The van der Waals surface area contributed by atoms with Crippen LogP contribution in [-0.4, -0.2) is 65.1 Å². The molecule has 0 aliphatic carbocycles. The quantitative estimate of drug-likeness (QED) is 0.325. The van der Waals surface area contributed by atoms with Gasteiger partial charge in [0.1, 0.15) is 18.3 Å². The lowest BCUT2D eigenvalue weighted by atomic mass is 10.1. The molecule has 1 atom stereocenters. The van der Waals surface area contributed by atoms with Crippen LogP contribution in [0.4, 0.5) is 5.69 Å². The molecule has 3 aromatic carbocycles. The number of rotatable bonds is 13. The Balaban J connectivity index is 2.05. The number of carbonyl (C=O) groups excluding carboxylic acids is 2. The predicted octanol–water partition coefficient (Wildman–Crippen LogP) is 3.85. The first-order valence-corrected chi connectivity index (χ1v) is 14.5. The number of hydrogen-bond donors (Lipinski definition) is 1. The second-order valence-corrected chi connectivity index (χ2v) is 11.4. The Morgan fingerprint density at radius 2 is 1.51 bits per heavy atom. The van der Waals surface area contributed by atoms with Crippen molar-refractivity contribution in [1.29, 1.82) is 0 Å². The second-order valence-electron chi connectivity index (χ2n) is 9.58. The summed E-state index contributed by atoms with van der Waals surface area (Å²) in [5.41, 5.74) is 1.01. The minimum absolute atomic E-state index is 0.0573. The van der Waals surface area contributed by atoms with Gasteiger partial charge in [0.15, 0.2) is 11.5 Å². The number of amides is 2. The highest BCUT2D eigenvalue weighted by molar-refractivity contribution is 7.92. The number of nitrogens with zero attached hydrogens (tertiary/aromatic N) is 2. The fourth-order valence-electron chi connectivity index (χ4n) is 4.18. The van der Waals surface area contributed by atoms with Crippen LogP contribution in [0.15, 0.2) is 77.7 Å². The van der Waals surface area contributed by atoms with Crippen molar-refractivity contribution in [2.24, 2.45) is 0 Å². The van der Waals surface area contributed by atoms with Crippen LogP contribution in [0, 0.1) is 0 Å². The summed E-state index contributed by atoms with van der Waals surface area (Å²) in [6.07, 6.45) is 0. The zero-order valence-electron chi connectivity index (χ0n) is 24.2.